The van der Waals surface area contributed by atoms with Crippen molar-refractivity contribution in [2.45, 2.75) is 33.1 Å². The van der Waals surface area contributed by atoms with E-state index in [1.54, 1.807) is 0 Å². The maximum absolute atomic E-state index is 13.8. The van der Waals surface area contributed by atoms with Crippen LogP contribution in [0.5, 0.6) is 0 Å². The molecule has 0 saturated carbocycles. The predicted octanol–water partition coefficient (Wildman–Crippen LogP) is 5.54. The van der Waals surface area contributed by atoms with E-state index in [1.165, 1.54) is 10.5 Å². The Morgan fingerprint density at radius 3 is 2.09 bits per heavy atom. The minimum atomic E-state index is -0.232. The molecule has 3 aromatic carbocycles. The molecule has 3 aromatic rings. The quantitative estimate of drug-likeness (QED) is 0.479. The molecule has 2 amide bonds. The molecule has 4 heteroatoms. The number of likely N-dealkylation sites (tertiary alicyclic amines) is 1. The molecule has 4 nitrogen and oxygen atoms in total. The number of para-hydroxylation sites is 1. The van der Waals surface area contributed by atoms with E-state index in [0.717, 1.165) is 49.0 Å². The van der Waals surface area contributed by atoms with Crippen LogP contribution in [0, 0.1) is 19.8 Å². The van der Waals surface area contributed by atoms with E-state index in [2.05, 4.69) is 35.2 Å². The van der Waals surface area contributed by atoms with Gasteiger partial charge in [-0.15, -0.1) is 0 Å². The van der Waals surface area contributed by atoms with Gasteiger partial charge in [-0.05, 0) is 67.9 Å². The van der Waals surface area contributed by atoms with Gasteiger partial charge in [0.15, 0.2) is 0 Å². The number of carbonyl (C=O) groups excluding carboxylic acids is 2. The van der Waals surface area contributed by atoms with Crippen LogP contribution in [-0.2, 0) is 16.0 Å². The van der Waals surface area contributed by atoms with Gasteiger partial charge in [-0.2, -0.15) is 0 Å². The molecule has 1 fully saturated rings. The van der Waals surface area contributed by atoms with Gasteiger partial charge in [0.1, 0.15) is 5.70 Å². The summed E-state index contributed by atoms with van der Waals surface area (Å²) < 4.78 is 0. The monoisotopic (exact) mass is 450 g/mol. The third-order valence-corrected chi connectivity index (χ3v) is 7.02. The summed E-state index contributed by atoms with van der Waals surface area (Å²) in [6.45, 7) is 5.62. The van der Waals surface area contributed by atoms with E-state index in [9.17, 15) is 9.59 Å². The van der Waals surface area contributed by atoms with Crippen molar-refractivity contribution in [1.29, 1.82) is 0 Å². The fourth-order valence-corrected chi connectivity index (χ4v) is 5.27. The first-order chi connectivity index (χ1) is 16.5. The zero-order chi connectivity index (χ0) is 23.7. The molecule has 34 heavy (non-hydrogen) atoms. The number of piperidine rings is 1. The molecule has 0 spiro atoms. The van der Waals surface area contributed by atoms with Crippen molar-refractivity contribution < 1.29 is 9.59 Å². The highest BCUT2D eigenvalue weighted by Gasteiger charge is 2.43. The van der Waals surface area contributed by atoms with Crippen LogP contribution in [0.3, 0.4) is 0 Å². The van der Waals surface area contributed by atoms with E-state index < -0.39 is 0 Å². The second kappa shape index (κ2) is 9.30. The molecule has 2 aliphatic rings. The molecule has 2 heterocycles. The maximum atomic E-state index is 13.8. The van der Waals surface area contributed by atoms with Crippen LogP contribution < -0.4 is 4.90 Å². The predicted molar refractivity (Wildman–Crippen MR) is 136 cm³/mol. The Balaban J connectivity index is 1.47. The third kappa shape index (κ3) is 4.16. The minimum absolute atomic E-state index is 0.215. The number of benzene rings is 3. The molecule has 0 N–H and O–H groups in total. The lowest BCUT2D eigenvalue weighted by molar-refractivity contribution is -0.120. The number of aryl methyl sites for hydroxylation is 2. The van der Waals surface area contributed by atoms with Crippen molar-refractivity contribution in [3.8, 4) is 0 Å². The van der Waals surface area contributed by atoms with Gasteiger partial charge < -0.3 is 4.90 Å². The number of hydrogen-bond donors (Lipinski definition) is 0. The number of amides is 2. The van der Waals surface area contributed by atoms with Gasteiger partial charge in [-0.3, -0.25) is 9.59 Å². The van der Waals surface area contributed by atoms with Crippen LogP contribution in [0.2, 0.25) is 0 Å². The SMILES string of the molecule is Cc1ccc(C2=C(N3CCC(Cc4ccccc4)CC3)C(=O)N(c3ccccc3)C2=O)c(C)c1. The third-order valence-electron chi connectivity index (χ3n) is 7.02. The van der Waals surface area contributed by atoms with E-state index >= 15 is 0 Å². The minimum Gasteiger partial charge on any atom is -0.366 e. The van der Waals surface area contributed by atoms with Gasteiger partial charge in [0, 0.05) is 13.1 Å². The molecule has 0 atom stereocenters. The van der Waals surface area contributed by atoms with E-state index in [-0.39, 0.29) is 11.8 Å². The Kier molecular flexibility index (Phi) is 6.06. The van der Waals surface area contributed by atoms with E-state index in [1.807, 2.05) is 62.4 Å². The summed E-state index contributed by atoms with van der Waals surface area (Å²) in [4.78, 5) is 31.0. The smallest absolute Gasteiger partial charge is 0.282 e. The van der Waals surface area contributed by atoms with Gasteiger partial charge in [-0.1, -0.05) is 72.3 Å². The molecule has 0 unspecified atom stereocenters. The van der Waals surface area contributed by atoms with Crippen molar-refractivity contribution in [1.82, 2.24) is 4.90 Å². The first-order valence-electron chi connectivity index (χ1n) is 12.1. The second-order valence-electron chi connectivity index (χ2n) is 9.44. The van der Waals surface area contributed by atoms with E-state index in [0.29, 0.717) is 22.9 Å². The van der Waals surface area contributed by atoms with Gasteiger partial charge in [0.2, 0.25) is 0 Å². The van der Waals surface area contributed by atoms with Gasteiger partial charge in [-0.25, -0.2) is 4.90 Å². The molecule has 1 saturated heterocycles. The topological polar surface area (TPSA) is 40.6 Å². The second-order valence-corrected chi connectivity index (χ2v) is 9.44. The Morgan fingerprint density at radius 1 is 0.794 bits per heavy atom. The molecule has 0 radical (unpaired) electrons. The van der Waals surface area contributed by atoms with Crippen molar-refractivity contribution in [2.24, 2.45) is 5.92 Å². The summed E-state index contributed by atoms with van der Waals surface area (Å²) in [5.41, 5.74) is 6.08. The maximum Gasteiger partial charge on any atom is 0.282 e. The summed E-state index contributed by atoms with van der Waals surface area (Å²) in [6.07, 6.45) is 3.07. The number of nitrogens with zero attached hydrogens (tertiary/aromatic N) is 2. The number of imide groups is 1. The summed E-state index contributed by atoms with van der Waals surface area (Å²) in [6, 6.07) is 25.9. The standard InChI is InChI=1S/C30H30N2O2/c1-21-13-14-26(22(2)19-21)27-28(30(34)32(29(27)33)25-11-7-4-8-12-25)31-17-15-24(16-18-31)20-23-9-5-3-6-10-23/h3-14,19,24H,15-18,20H2,1-2H3. The number of anilines is 1. The van der Waals surface area contributed by atoms with Crippen LogP contribution in [0.4, 0.5) is 5.69 Å². The summed E-state index contributed by atoms with van der Waals surface area (Å²) in [5.74, 6) is 0.137. The fraction of sp³-hybridized carbons (Fsp3) is 0.267. The Hall–Kier alpha value is -3.66. The highest BCUT2D eigenvalue weighted by molar-refractivity contribution is 6.45. The largest absolute Gasteiger partial charge is 0.366 e. The van der Waals surface area contributed by atoms with Crippen molar-refractivity contribution in [3.63, 3.8) is 0 Å². The first kappa shape index (κ1) is 22.1. The number of carbonyl (C=O) groups is 2. The molecule has 2 aliphatic heterocycles. The lowest BCUT2D eigenvalue weighted by Crippen LogP contribution is -2.39. The summed E-state index contributed by atoms with van der Waals surface area (Å²) in [7, 11) is 0. The average molecular weight is 451 g/mol. The Morgan fingerprint density at radius 2 is 1.44 bits per heavy atom. The number of hydrogen-bond acceptors (Lipinski definition) is 3. The lowest BCUT2D eigenvalue weighted by Gasteiger charge is -2.34. The molecule has 172 valence electrons. The van der Waals surface area contributed by atoms with Crippen molar-refractivity contribution >= 4 is 23.1 Å². The summed E-state index contributed by atoms with van der Waals surface area (Å²) >= 11 is 0. The van der Waals surface area contributed by atoms with Crippen LogP contribution in [0.1, 0.15) is 35.1 Å². The van der Waals surface area contributed by atoms with Crippen LogP contribution in [0.15, 0.2) is 84.6 Å². The zero-order valence-corrected chi connectivity index (χ0v) is 19.8. The molecular formula is C30H30N2O2. The number of rotatable bonds is 5. The molecule has 5 rings (SSSR count). The molecule has 0 bridgehead atoms. The molecule has 0 aliphatic carbocycles. The summed E-state index contributed by atoms with van der Waals surface area (Å²) in [5, 5.41) is 0. The van der Waals surface area contributed by atoms with E-state index in [4.69, 9.17) is 0 Å². The van der Waals surface area contributed by atoms with Gasteiger partial charge in [0.25, 0.3) is 11.8 Å². The van der Waals surface area contributed by atoms with Crippen LogP contribution in [0.25, 0.3) is 5.57 Å². The van der Waals surface area contributed by atoms with Gasteiger partial charge >= 0.3 is 0 Å². The highest BCUT2D eigenvalue weighted by atomic mass is 16.2. The van der Waals surface area contributed by atoms with Crippen LogP contribution >= 0.6 is 0 Å². The zero-order valence-electron chi connectivity index (χ0n) is 19.8. The lowest BCUT2D eigenvalue weighted by atomic mass is 9.89. The Bertz CT molecular complexity index is 1240. The molecule has 0 aromatic heterocycles. The van der Waals surface area contributed by atoms with Crippen molar-refractivity contribution in [2.75, 3.05) is 18.0 Å². The van der Waals surface area contributed by atoms with Crippen molar-refractivity contribution in [3.05, 3.63) is 107 Å². The first-order valence-corrected chi connectivity index (χ1v) is 12.1. The average Bonchev–Trinajstić information content (AvgIpc) is 3.10. The highest BCUT2D eigenvalue weighted by Crippen LogP contribution is 2.37. The molecular weight excluding hydrogens is 420 g/mol. The fourth-order valence-electron chi connectivity index (χ4n) is 5.27. The Labute approximate surface area is 201 Å². The van der Waals surface area contributed by atoms with Gasteiger partial charge in [0.05, 0.1) is 11.3 Å². The van der Waals surface area contributed by atoms with Crippen LogP contribution in [-0.4, -0.2) is 29.8 Å². The normalized spacial score (nSPS) is 17.1.